The molecule has 0 saturated heterocycles. The second-order valence-electron chi connectivity index (χ2n) is 4.39. The molecular weight excluding hydrogens is 250 g/mol. The van der Waals surface area contributed by atoms with Gasteiger partial charge in [0.25, 0.3) is 0 Å². The van der Waals surface area contributed by atoms with E-state index in [1.54, 1.807) is 6.07 Å². The van der Waals surface area contributed by atoms with Crippen LogP contribution >= 0.6 is 11.6 Å². The van der Waals surface area contributed by atoms with Crippen LogP contribution in [0.2, 0.25) is 5.02 Å². The largest absolute Gasteiger partial charge is 0.480 e. The quantitative estimate of drug-likeness (QED) is 0.855. The predicted octanol–water partition coefficient (Wildman–Crippen LogP) is 3.73. The summed E-state index contributed by atoms with van der Waals surface area (Å²) >= 11 is 5.94. The summed E-state index contributed by atoms with van der Waals surface area (Å²) in [5, 5.41) is 9.99. The van der Waals surface area contributed by atoms with Crippen LogP contribution in [-0.2, 0) is 4.79 Å². The van der Waals surface area contributed by atoms with Crippen molar-refractivity contribution in [1.82, 2.24) is 0 Å². The molecule has 0 bridgehead atoms. The molecule has 0 aromatic heterocycles. The van der Waals surface area contributed by atoms with Crippen LogP contribution in [0.15, 0.2) is 18.2 Å². The maximum Gasteiger partial charge on any atom is 0.326 e. The van der Waals surface area contributed by atoms with E-state index in [0.29, 0.717) is 11.4 Å². The molecule has 4 heteroatoms. The lowest BCUT2D eigenvalue weighted by molar-refractivity contribution is -0.138. The average Bonchev–Trinajstić information content (AvgIpc) is 2.28. The Labute approximate surface area is 113 Å². The van der Waals surface area contributed by atoms with Crippen molar-refractivity contribution in [2.45, 2.75) is 39.7 Å². The van der Waals surface area contributed by atoms with Gasteiger partial charge >= 0.3 is 5.97 Å². The van der Waals surface area contributed by atoms with Crippen molar-refractivity contribution in [2.24, 2.45) is 0 Å². The van der Waals surface area contributed by atoms with Crippen LogP contribution < -0.4 is 4.90 Å². The minimum Gasteiger partial charge on any atom is -0.480 e. The number of benzene rings is 1. The Balaban J connectivity index is 3.14. The molecule has 1 rings (SSSR count). The first-order valence-electron chi connectivity index (χ1n) is 6.26. The molecule has 18 heavy (non-hydrogen) atoms. The number of halogens is 1. The van der Waals surface area contributed by atoms with Gasteiger partial charge in [-0.2, -0.15) is 0 Å². The topological polar surface area (TPSA) is 40.5 Å². The third kappa shape index (κ3) is 3.39. The molecule has 0 saturated carbocycles. The SMILES string of the molecule is CCCN(c1ccc(Cl)cc1C)C(CC)C(=O)O. The average molecular weight is 270 g/mol. The molecular formula is C14H20ClNO2. The van der Waals surface area contributed by atoms with Crippen LogP contribution in [-0.4, -0.2) is 23.7 Å². The Kier molecular flexibility index (Phi) is 5.48. The van der Waals surface area contributed by atoms with E-state index in [1.165, 1.54) is 0 Å². The molecule has 0 aliphatic heterocycles. The number of hydrogen-bond donors (Lipinski definition) is 1. The second-order valence-corrected chi connectivity index (χ2v) is 4.82. The van der Waals surface area contributed by atoms with Gasteiger partial charge in [-0.1, -0.05) is 25.4 Å². The Morgan fingerprint density at radius 3 is 2.56 bits per heavy atom. The molecule has 1 aromatic rings. The highest BCUT2D eigenvalue weighted by Crippen LogP contribution is 2.26. The monoisotopic (exact) mass is 269 g/mol. The number of carboxylic acid groups (broad SMARTS) is 1. The molecule has 0 spiro atoms. The Hall–Kier alpha value is -1.22. The van der Waals surface area contributed by atoms with Gasteiger partial charge in [0.1, 0.15) is 6.04 Å². The first-order chi connectivity index (χ1) is 8.51. The van der Waals surface area contributed by atoms with Gasteiger partial charge < -0.3 is 10.0 Å². The van der Waals surface area contributed by atoms with Gasteiger partial charge in [-0.05, 0) is 43.5 Å². The van der Waals surface area contributed by atoms with Crippen LogP contribution in [0.1, 0.15) is 32.3 Å². The highest BCUT2D eigenvalue weighted by atomic mass is 35.5. The van der Waals surface area contributed by atoms with Crippen molar-refractivity contribution in [3.63, 3.8) is 0 Å². The van der Waals surface area contributed by atoms with E-state index in [4.69, 9.17) is 11.6 Å². The van der Waals surface area contributed by atoms with Crippen molar-refractivity contribution >= 4 is 23.3 Å². The van der Waals surface area contributed by atoms with E-state index in [-0.39, 0.29) is 0 Å². The lowest BCUT2D eigenvalue weighted by Gasteiger charge is -2.31. The molecule has 1 N–H and O–H groups in total. The number of carbonyl (C=O) groups is 1. The Morgan fingerprint density at radius 1 is 1.44 bits per heavy atom. The zero-order chi connectivity index (χ0) is 13.7. The summed E-state index contributed by atoms with van der Waals surface area (Å²) in [7, 11) is 0. The molecule has 0 heterocycles. The van der Waals surface area contributed by atoms with Gasteiger partial charge in [0.15, 0.2) is 0 Å². The second kappa shape index (κ2) is 6.64. The minimum absolute atomic E-state index is 0.482. The fourth-order valence-corrected chi connectivity index (χ4v) is 2.38. The maximum atomic E-state index is 11.3. The van der Waals surface area contributed by atoms with Gasteiger partial charge in [0.2, 0.25) is 0 Å². The van der Waals surface area contributed by atoms with E-state index in [0.717, 1.165) is 24.2 Å². The molecule has 0 fully saturated rings. The molecule has 0 aliphatic rings. The van der Waals surface area contributed by atoms with E-state index >= 15 is 0 Å². The summed E-state index contributed by atoms with van der Waals surface area (Å²) in [4.78, 5) is 13.3. The standard InChI is InChI=1S/C14H20ClNO2/c1-4-8-16(12(5-2)14(17)18)13-7-6-11(15)9-10(13)3/h6-7,9,12H,4-5,8H2,1-3H3,(H,17,18). The van der Waals surface area contributed by atoms with Gasteiger partial charge in [-0.15, -0.1) is 0 Å². The van der Waals surface area contributed by atoms with Gasteiger partial charge in [-0.3, -0.25) is 0 Å². The number of aliphatic carboxylic acids is 1. The third-order valence-electron chi connectivity index (χ3n) is 2.98. The van der Waals surface area contributed by atoms with Crippen molar-refractivity contribution in [2.75, 3.05) is 11.4 Å². The summed E-state index contributed by atoms with van der Waals surface area (Å²) in [6, 6.07) is 5.10. The summed E-state index contributed by atoms with van der Waals surface area (Å²) in [5.74, 6) is -0.777. The lowest BCUT2D eigenvalue weighted by Crippen LogP contribution is -2.41. The number of nitrogens with zero attached hydrogens (tertiary/aromatic N) is 1. The smallest absolute Gasteiger partial charge is 0.326 e. The van der Waals surface area contributed by atoms with Crippen molar-refractivity contribution in [3.8, 4) is 0 Å². The van der Waals surface area contributed by atoms with Gasteiger partial charge in [-0.25, -0.2) is 4.79 Å². The van der Waals surface area contributed by atoms with Crippen LogP contribution in [0.4, 0.5) is 5.69 Å². The lowest BCUT2D eigenvalue weighted by atomic mass is 10.1. The zero-order valence-corrected chi connectivity index (χ0v) is 11.9. The molecule has 0 radical (unpaired) electrons. The first kappa shape index (κ1) is 14.8. The number of rotatable bonds is 6. The van der Waals surface area contributed by atoms with Crippen molar-refractivity contribution < 1.29 is 9.90 Å². The summed E-state index contributed by atoms with van der Waals surface area (Å²) < 4.78 is 0. The van der Waals surface area contributed by atoms with Crippen molar-refractivity contribution in [3.05, 3.63) is 28.8 Å². The molecule has 0 amide bonds. The molecule has 1 unspecified atom stereocenters. The molecule has 3 nitrogen and oxygen atoms in total. The van der Waals surface area contributed by atoms with E-state index in [9.17, 15) is 9.90 Å². The predicted molar refractivity (Wildman–Crippen MR) is 75.5 cm³/mol. The molecule has 0 aliphatic carbocycles. The van der Waals surface area contributed by atoms with E-state index in [1.807, 2.05) is 37.8 Å². The van der Waals surface area contributed by atoms with Crippen LogP contribution in [0.3, 0.4) is 0 Å². The minimum atomic E-state index is -0.777. The third-order valence-corrected chi connectivity index (χ3v) is 3.22. The van der Waals surface area contributed by atoms with E-state index in [2.05, 4.69) is 0 Å². The molecule has 100 valence electrons. The normalized spacial score (nSPS) is 12.2. The fraction of sp³-hybridized carbons (Fsp3) is 0.500. The van der Waals surface area contributed by atoms with Gasteiger partial charge in [0.05, 0.1) is 0 Å². The molecule has 1 atom stereocenters. The summed E-state index contributed by atoms with van der Waals surface area (Å²) in [6.45, 7) is 6.63. The number of aryl methyl sites for hydroxylation is 1. The maximum absolute atomic E-state index is 11.3. The van der Waals surface area contributed by atoms with Crippen LogP contribution in [0.25, 0.3) is 0 Å². The number of hydrogen-bond acceptors (Lipinski definition) is 2. The highest BCUT2D eigenvalue weighted by molar-refractivity contribution is 6.30. The number of anilines is 1. The van der Waals surface area contributed by atoms with Crippen LogP contribution in [0.5, 0.6) is 0 Å². The van der Waals surface area contributed by atoms with Crippen molar-refractivity contribution in [1.29, 1.82) is 0 Å². The van der Waals surface area contributed by atoms with Crippen LogP contribution in [0, 0.1) is 6.92 Å². The fourth-order valence-electron chi connectivity index (χ4n) is 2.15. The summed E-state index contributed by atoms with van der Waals surface area (Å²) in [6.07, 6.45) is 1.49. The summed E-state index contributed by atoms with van der Waals surface area (Å²) in [5.41, 5.74) is 1.96. The Bertz CT molecular complexity index is 420. The number of carboxylic acids is 1. The first-order valence-corrected chi connectivity index (χ1v) is 6.64. The Morgan fingerprint density at radius 2 is 2.11 bits per heavy atom. The highest BCUT2D eigenvalue weighted by Gasteiger charge is 2.24. The molecule has 1 aromatic carbocycles. The van der Waals surface area contributed by atoms with Gasteiger partial charge in [0, 0.05) is 17.3 Å². The zero-order valence-electron chi connectivity index (χ0n) is 11.1. The van der Waals surface area contributed by atoms with E-state index < -0.39 is 12.0 Å².